The van der Waals surface area contributed by atoms with Gasteiger partial charge in [0.15, 0.2) is 0 Å². The zero-order chi connectivity index (χ0) is 18.1. The first-order valence-electron chi connectivity index (χ1n) is 9.29. The molecule has 5 nitrogen and oxygen atoms in total. The second-order valence-electron chi connectivity index (χ2n) is 7.08. The van der Waals surface area contributed by atoms with Crippen LogP contribution in [0.3, 0.4) is 0 Å². The average molecular weight is 369 g/mol. The number of thiazole rings is 1. The number of nitrogens with one attached hydrogen (secondary N) is 1. The van der Waals surface area contributed by atoms with E-state index in [4.69, 9.17) is 0 Å². The van der Waals surface area contributed by atoms with Gasteiger partial charge in [0, 0.05) is 24.2 Å². The third-order valence-electron chi connectivity index (χ3n) is 4.80. The van der Waals surface area contributed by atoms with E-state index >= 15 is 0 Å². The zero-order valence-electron chi connectivity index (χ0n) is 14.9. The van der Waals surface area contributed by atoms with E-state index in [1.54, 1.807) is 6.20 Å². The molecule has 1 heterocycles. The van der Waals surface area contributed by atoms with Crippen LogP contribution in [0.4, 0.5) is 0 Å². The molecule has 0 spiro atoms. The number of benzene rings is 1. The highest BCUT2D eigenvalue weighted by molar-refractivity contribution is 7.13. The van der Waals surface area contributed by atoms with E-state index in [1.165, 1.54) is 11.3 Å². The van der Waals surface area contributed by atoms with Crippen molar-refractivity contribution in [2.24, 2.45) is 0 Å². The van der Waals surface area contributed by atoms with Crippen molar-refractivity contribution in [2.45, 2.75) is 57.7 Å². The average Bonchev–Trinajstić information content (AvgIpc) is 3.59. The van der Waals surface area contributed by atoms with Gasteiger partial charge in [-0.05, 0) is 49.8 Å². The number of carbonyl (C=O) groups excluding carboxylic acids is 2. The summed E-state index contributed by atoms with van der Waals surface area (Å²) in [5.41, 5.74) is 1.73. The van der Waals surface area contributed by atoms with Gasteiger partial charge in [-0.25, -0.2) is 4.98 Å². The van der Waals surface area contributed by atoms with Crippen LogP contribution >= 0.6 is 11.3 Å². The molecule has 1 aromatic heterocycles. The van der Waals surface area contributed by atoms with Gasteiger partial charge in [0.05, 0.1) is 11.2 Å². The third kappa shape index (κ3) is 3.96. The van der Waals surface area contributed by atoms with Crippen molar-refractivity contribution < 1.29 is 9.59 Å². The monoisotopic (exact) mass is 369 g/mol. The van der Waals surface area contributed by atoms with Crippen LogP contribution in [-0.2, 0) is 13.0 Å². The Morgan fingerprint density at radius 3 is 2.50 bits per heavy atom. The molecule has 0 radical (unpaired) electrons. The van der Waals surface area contributed by atoms with Crippen LogP contribution in [0.2, 0.25) is 0 Å². The summed E-state index contributed by atoms with van der Waals surface area (Å²) in [6.07, 6.45) is 6.84. The fourth-order valence-electron chi connectivity index (χ4n) is 2.92. The van der Waals surface area contributed by atoms with Crippen molar-refractivity contribution in [1.82, 2.24) is 15.2 Å². The van der Waals surface area contributed by atoms with E-state index in [-0.39, 0.29) is 11.8 Å². The van der Waals surface area contributed by atoms with E-state index < -0.39 is 0 Å². The second kappa shape index (κ2) is 7.19. The van der Waals surface area contributed by atoms with Gasteiger partial charge in [-0.1, -0.05) is 19.1 Å². The number of hydrogen-bond acceptors (Lipinski definition) is 4. The van der Waals surface area contributed by atoms with Crippen LogP contribution < -0.4 is 5.32 Å². The molecule has 1 aromatic carbocycles. The molecule has 2 amide bonds. The standard InChI is InChI=1S/C20H23N3O2S/c1-2-18-21-11-17(26-18)20(25)23(16-9-10-16)12-13-3-5-14(6-4-13)19(24)22-15-7-8-15/h3-6,11,15-16H,2,7-10,12H2,1H3,(H,22,24). The van der Waals surface area contributed by atoms with Crippen molar-refractivity contribution in [3.8, 4) is 0 Å². The first-order chi connectivity index (χ1) is 12.6. The summed E-state index contributed by atoms with van der Waals surface area (Å²) in [6, 6.07) is 8.29. The number of rotatable bonds is 7. The highest BCUT2D eigenvalue weighted by Crippen LogP contribution is 2.31. The van der Waals surface area contributed by atoms with Crippen LogP contribution in [0, 0.1) is 0 Å². The Balaban J connectivity index is 1.44. The predicted octanol–water partition coefficient (Wildman–Crippen LogP) is 3.40. The van der Waals surface area contributed by atoms with Gasteiger partial charge < -0.3 is 10.2 Å². The summed E-state index contributed by atoms with van der Waals surface area (Å²) in [5.74, 6) is 0.0613. The number of aromatic nitrogens is 1. The molecule has 2 aliphatic carbocycles. The van der Waals surface area contributed by atoms with Gasteiger partial charge in [0.1, 0.15) is 4.88 Å². The van der Waals surface area contributed by atoms with E-state index in [0.29, 0.717) is 29.1 Å². The lowest BCUT2D eigenvalue weighted by Gasteiger charge is -2.22. The van der Waals surface area contributed by atoms with Crippen LogP contribution in [0.5, 0.6) is 0 Å². The molecular formula is C20H23N3O2S. The van der Waals surface area contributed by atoms with E-state index in [1.807, 2.05) is 36.1 Å². The lowest BCUT2D eigenvalue weighted by atomic mass is 10.1. The largest absolute Gasteiger partial charge is 0.349 e. The van der Waals surface area contributed by atoms with Gasteiger partial charge in [-0.2, -0.15) is 0 Å². The zero-order valence-corrected chi connectivity index (χ0v) is 15.7. The normalized spacial score (nSPS) is 16.3. The van der Waals surface area contributed by atoms with Gasteiger partial charge in [-0.15, -0.1) is 11.3 Å². The minimum atomic E-state index is -0.00840. The number of amides is 2. The molecular weight excluding hydrogens is 346 g/mol. The Hall–Kier alpha value is -2.21. The van der Waals surface area contributed by atoms with Crippen molar-refractivity contribution in [2.75, 3.05) is 0 Å². The second-order valence-corrected chi connectivity index (χ2v) is 8.20. The molecule has 2 fully saturated rings. The van der Waals surface area contributed by atoms with Crippen LogP contribution in [0.25, 0.3) is 0 Å². The Morgan fingerprint density at radius 1 is 1.19 bits per heavy atom. The summed E-state index contributed by atoms with van der Waals surface area (Å²) in [4.78, 5) is 32.0. The predicted molar refractivity (Wildman–Crippen MR) is 101 cm³/mol. The highest BCUT2D eigenvalue weighted by atomic mass is 32.1. The fraction of sp³-hybridized carbons (Fsp3) is 0.450. The Bertz CT molecular complexity index is 807. The van der Waals surface area contributed by atoms with Gasteiger partial charge in [0.25, 0.3) is 11.8 Å². The van der Waals surface area contributed by atoms with Gasteiger partial charge in [0.2, 0.25) is 0 Å². The molecule has 2 aliphatic rings. The Morgan fingerprint density at radius 2 is 1.92 bits per heavy atom. The SMILES string of the molecule is CCc1ncc(C(=O)N(Cc2ccc(C(=O)NC3CC3)cc2)C2CC2)s1. The molecule has 2 saturated carbocycles. The molecule has 0 unspecified atom stereocenters. The van der Waals surface area contributed by atoms with Crippen molar-refractivity contribution in [3.05, 3.63) is 51.5 Å². The summed E-state index contributed by atoms with van der Waals surface area (Å²) < 4.78 is 0. The third-order valence-corrected chi connectivity index (χ3v) is 5.93. The number of nitrogens with zero attached hydrogens (tertiary/aromatic N) is 2. The minimum Gasteiger partial charge on any atom is -0.349 e. The van der Waals surface area contributed by atoms with E-state index in [0.717, 1.165) is 42.7 Å². The maximum Gasteiger partial charge on any atom is 0.266 e. The lowest BCUT2D eigenvalue weighted by Crippen LogP contribution is -2.32. The van der Waals surface area contributed by atoms with Crippen molar-refractivity contribution >= 4 is 23.2 Å². The van der Waals surface area contributed by atoms with Crippen LogP contribution in [0.1, 0.15) is 63.2 Å². The number of aryl methyl sites for hydroxylation is 1. The molecule has 26 heavy (non-hydrogen) atoms. The van der Waals surface area contributed by atoms with Crippen molar-refractivity contribution in [1.29, 1.82) is 0 Å². The van der Waals surface area contributed by atoms with Crippen LogP contribution in [-0.4, -0.2) is 33.8 Å². The minimum absolute atomic E-state index is 0.00840. The molecule has 2 aromatic rings. The molecule has 0 bridgehead atoms. The maximum atomic E-state index is 12.9. The summed E-state index contributed by atoms with van der Waals surface area (Å²) in [7, 11) is 0. The van der Waals surface area contributed by atoms with Gasteiger partial charge >= 0.3 is 0 Å². The maximum absolute atomic E-state index is 12.9. The summed E-state index contributed by atoms with van der Waals surface area (Å²) in [6.45, 7) is 2.63. The van der Waals surface area contributed by atoms with E-state index in [9.17, 15) is 9.59 Å². The smallest absolute Gasteiger partial charge is 0.266 e. The first kappa shape index (κ1) is 17.2. The fourth-order valence-corrected chi connectivity index (χ4v) is 3.74. The molecule has 4 rings (SSSR count). The Kier molecular flexibility index (Phi) is 4.76. The Labute approximate surface area is 157 Å². The number of carbonyl (C=O) groups is 2. The summed E-state index contributed by atoms with van der Waals surface area (Å²) in [5, 5.41) is 3.99. The summed E-state index contributed by atoms with van der Waals surface area (Å²) >= 11 is 1.49. The van der Waals surface area contributed by atoms with Crippen molar-refractivity contribution in [3.63, 3.8) is 0 Å². The quantitative estimate of drug-likeness (QED) is 0.814. The van der Waals surface area contributed by atoms with Crippen LogP contribution in [0.15, 0.2) is 30.5 Å². The molecule has 0 saturated heterocycles. The lowest BCUT2D eigenvalue weighted by molar-refractivity contribution is 0.0734. The molecule has 136 valence electrons. The molecule has 0 atom stereocenters. The number of hydrogen-bond donors (Lipinski definition) is 1. The highest BCUT2D eigenvalue weighted by Gasteiger charge is 2.34. The first-order valence-corrected chi connectivity index (χ1v) is 10.1. The molecule has 0 aliphatic heterocycles. The molecule has 1 N–H and O–H groups in total. The topological polar surface area (TPSA) is 62.3 Å². The molecule has 6 heteroatoms. The van der Waals surface area contributed by atoms with E-state index in [2.05, 4.69) is 10.3 Å². The van der Waals surface area contributed by atoms with Gasteiger partial charge in [-0.3, -0.25) is 9.59 Å².